The Balaban J connectivity index is 1.84. The SMILES string of the molecule is COc1cc(F)ccc1C(O)C(O)CNC(=O)OCc1ccccc1. The molecule has 0 spiro atoms. The molecular formula is C18H20FNO5. The van der Waals surface area contributed by atoms with Gasteiger partial charge < -0.3 is 25.0 Å². The fourth-order valence-corrected chi connectivity index (χ4v) is 2.21. The average molecular weight is 349 g/mol. The molecule has 2 aromatic rings. The maximum absolute atomic E-state index is 13.2. The van der Waals surface area contributed by atoms with Crippen molar-refractivity contribution in [3.63, 3.8) is 0 Å². The number of alkyl carbamates (subject to hydrolysis) is 1. The zero-order chi connectivity index (χ0) is 18.2. The van der Waals surface area contributed by atoms with Crippen molar-refractivity contribution in [3.8, 4) is 5.75 Å². The van der Waals surface area contributed by atoms with Crippen LogP contribution in [-0.4, -0.2) is 36.1 Å². The summed E-state index contributed by atoms with van der Waals surface area (Å²) >= 11 is 0. The van der Waals surface area contributed by atoms with Gasteiger partial charge in [-0.25, -0.2) is 9.18 Å². The molecule has 0 saturated heterocycles. The molecule has 2 rings (SSSR count). The first-order valence-electron chi connectivity index (χ1n) is 7.65. The maximum Gasteiger partial charge on any atom is 0.407 e. The van der Waals surface area contributed by atoms with Crippen molar-refractivity contribution in [2.45, 2.75) is 18.8 Å². The van der Waals surface area contributed by atoms with Gasteiger partial charge >= 0.3 is 6.09 Å². The van der Waals surface area contributed by atoms with Crippen LogP contribution < -0.4 is 10.1 Å². The number of carbonyl (C=O) groups excluding carboxylic acids is 1. The molecule has 0 aliphatic carbocycles. The van der Waals surface area contributed by atoms with Crippen molar-refractivity contribution >= 4 is 6.09 Å². The molecule has 0 bridgehead atoms. The first-order valence-corrected chi connectivity index (χ1v) is 7.65. The Morgan fingerprint density at radius 1 is 1.20 bits per heavy atom. The van der Waals surface area contributed by atoms with Crippen LogP contribution in [0.4, 0.5) is 9.18 Å². The number of nitrogens with one attached hydrogen (secondary N) is 1. The monoisotopic (exact) mass is 349 g/mol. The Bertz CT molecular complexity index is 695. The Morgan fingerprint density at radius 2 is 1.92 bits per heavy atom. The predicted octanol–water partition coefficient (Wildman–Crippen LogP) is 2.16. The smallest absolute Gasteiger partial charge is 0.407 e. The van der Waals surface area contributed by atoms with E-state index in [0.717, 1.165) is 17.7 Å². The van der Waals surface area contributed by atoms with Crippen LogP contribution in [0.5, 0.6) is 5.75 Å². The lowest BCUT2D eigenvalue weighted by Crippen LogP contribution is -2.35. The van der Waals surface area contributed by atoms with E-state index in [0.29, 0.717) is 0 Å². The minimum absolute atomic E-state index is 0.0944. The van der Waals surface area contributed by atoms with Gasteiger partial charge in [0.15, 0.2) is 0 Å². The second-order valence-corrected chi connectivity index (χ2v) is 5.34. The van der Waals surface area contributed by atoms with E-state index in [-0.39, 0.29) is 24.5 Å². The Labute approximate surface area is 144 Å². The largest absolute Gasteiger partial charge is 0.496 e. The van der Waals surface area contributed by atoms with Gasteiger partial charge in [0.1, 0.15) is 30.4 Å². The third kappa shape index (κ3) is 5.44. The van der Waals surface area contributed by atoms with E-state index in [1.165, 1.54) is 13.2 Å². The predicted molar refractivity (Wildman–Crippen MR) is 88.5 cm³/mol. The van der Waals surface area contributed by atoms with Crippen LogP contribution in [0.25, 0.3) is 0 Å². The highest BCUT2D eigenvalue weighted by molar-refractivity contribution is 5.67. The van der Waals surface area contributed by atoms with Gasteiger partial charge in [-0.3, -0.25) is 0 Å². The molecule has 2 atom stereocenters. The van der Waals surface area contributed by atoms with E-state index >= 15 is 0 Å². The minimum atomic E-state index is -1.36. The van der Waals surface area contributed by atoms with Gasteiger partial charge in [0.2, 0.25) is 0 Å². The molecule has 0 heterocycles. The number of rotatable bonds is 7. The van der Waals surface area contributed by atoms with E-state index < -0.39 is 24.1 Å². The molecule has 0 radical (unpaired) electrons. The number of carbonyl (C=O) groups is 1. The van der Waals surface area contributed by atoms with Crippen molar-refractivity contribution in [3.05, 3.63) is 65.5 Å². The van der Waals surface area contributed by atoms with Crippen LogP contribution in [0.1, 0.15) is 17.2 Å². The summed E-state index contributed by atoms with van der Waals surface area (Å²) in [7, 11) is 1.33. The van der Waals surface area contributed by atoms with E-state index in [4.69, 9.17) is 9.47 Å². The molecule has 0 fully saturated rings. The highest BCUT2D eigenvalue weighted by Gasteiger charge is 2.23. The summed E-state index contributed by atoms with van der Waals surface area (Å²) in [6.07, 6.45) is -3.39. The van der Waals surface area contributed by atoms with Crippen LogP contribution in [-0.2, 0) is 11.3 Å². The number of aliphatic hydroxyl groups excluding tert-OH is 2. The standard InChI is InChI=1S/C18H20FNO5/c1-24-16-9-13(19)7-8-14(16)17(22)15(21)10-20-18(23)25-11-12-5-3-2-4-6-12/h2-9,15,17,21-22H,10-11H2,1H3,(H,20,23). The summed E-state index contributed by atoms with van der Waals surface area (Å²) in [6, 6.07) is 12.7. The van der Waals surface area contributed by atoms with Gasteiger partial charge in [-0.2, -0.15) is 0 Å². The molecule has 0 saturated carbocycles. The quantitative estimate of drug-likeness (QED) is 0.713. The van der Waals surface area contributed by atoms with Gasteiger partial charge in [0.05, 0.1) is 7.11 Å². The summed E-state index contributed by atoms with van der Waals surface area (Å²) in [5.74, 6) is -0.414. The third-order valence-electron chi connectivity index (χ3n) is 3.55. The number of aliphatic hydroxyl groups is 2. The molecule has 0 aromatic heterocycles. The number of methoxy groups -OCH3 is 1. The highest BCUT2D eigenvalue weighted by atomic mass is 19.1. The fourth-order valence-electron chi connectivity index (χ4n) is 2.21. The van der Waals surface area contributed by atoms with Gasteiger partial charge in [-0.15, -0.1) is 0 Å². The minimum Gasteiger partial charge on any atom is -0.496 e. The third-order valence-corrected chi connectivity index (χ3v) is 3.55. The second kappa shape index (κ2) is 9.00. The fraction of sp³-hybridized carbons (Fsp3) is 0.278. The van der Waals surface area contributed by atoms with Crippen molar-refractivity contribution < 1.29 is 28.9 Å². The lowest BCUT2D eigenvalue weighted by atomic mass is 10.0. The molecule has 6 nitrogen and oxygen atoms in total. The lowest BCUT2D eigenvalue weighted by molar-refractivity contribution is 0.0170. The van der Waals surface area contributed by atoms with Crippen LogP contribution >= 0.6 is 0 Å². The zero-order valence-electron chi connectivity index (χ0n) is 13.7. The Kier molecular flexibility index (Phi) is 6.73. The summed E-state index contributed by atoms with van der Waals surface area (Å²) in [6.45, 7) is -0.146. The van der Waals surface area contributed by atoms with Crippen LogP contribution in [0.3, 0.4) is 0 Å². The summed E-state index contributed by atoms with van der Waals surface area (Å²) < 4.78 is 23.2. The molecule has 3 N–H and O–H groups in total. The Hall–Kier alpha value is -2.64. The number of ether oxygens (including phenoxy) is 2. The van der Waals surface area contributed by atoms with Gasteiger partial charge in [0, 0.05) is 18.2 Å². The molecule has 7 heteroatoms. The molecule has 0 aliphatic heterocycles. The zero-order valence-corrected chi connectivity index (χ0v) is 13.7. The van der Waals surface area contributed by atoms with Crippen molar-refractivity contribution in [1.82, 2.24) is 5.32 Å². The highest BCUT2D eigenvalue weighted by Crippen LogP contribution is 2.27. The summed E-state index contributed by atoms with van der Waals surface area (Å²) in [5.41, 5.74) is 1.05. The Morgan fingerprint density at radius 3 is 2.60 bits per heavy atom. The van der Waals surface area contributed by atoms with Gasteiger partial charge in [-0.1, -0.05) is 30.3 Å². The average Bonchev–Trinajstić information content (AvgIpc) is 2.64. The molecule has 25 heavy (non-hydrogen) atoms. The number of hydrogen-bond donors (Lipinski definition) is 3. The van der Waals surface area contributed by atoms with E-state index in [2.05, 4.69) is 5.32 Å². The maximum atomic E-state index is 13.2. The van der Waals surface area contributed by atoms with E-state index in [9.17, 15) is 19.4 Å². The first-order chi connectivity index (χ1) is 12.0. The van der Waals surface area contributed by atoms with Crippen molar-refractivity contribution in [2.24, 2.45) is 0 Å². The van der Waals surface area contributed by atoms with Crippen LogP contribution in [0.15, 0.2) is 48.5 Å². The topological polar surface area (TPSA) is 88.0 Å². The first kappa shape index (κ1) is 18.7. The second-order valence-electron chi connectivity index (χ2n) is 5.34. The molecule has 2 unspecified atom stereocenters. The van der Waals surface area contributed by atoms with Gasteiger partial charge in [0.25, 0.3) is 0 Å². The van der Waals surface area contributed by atoms with Crippen molar-refractivity contribution in [2.75, 3.05) is 13.7 Å². The normalized spacial score (nSPS) is 13.0. The number of benzene rings is 2. The van der Waals surface area contributed by atoms with Crippen molar-refractivity contribution in [1.29, 1.82) is 0 Å². The number of halogens is 1. The van der Waals surface area contributed by atoms with Gasteiger partial charge in [-0.05, 0) is 17.7 Å². The van der Waals surface area contributed by atoms with E-state index in [1.807, 2.05) is 30.3 Å². The molecule has 0 aliphatic rings. The van der Waals surface area contributed by atoms with Crippen LogP contribution in [0, 0.1) is 5.82 Å². The summed E-state index contributed by atoms with van der Waals surface area (Å²) in [5, 5.41) is 22.6. The molecule has 1 amide bonds. The summed E-state index contributed by atoms with van der Waals surface area (Å²) in [4.78, 5) is 11.6. The van der Waals surface area contributed by atoms with Crippen LogP contribution in [0.2, 0.25) is 0 Å². The lowest BCUT2D eigenvalue weighted by Gasteiger charge is -2.20. The molecule has 134 valence electrons. The number of hydrogen-bond acceptors (Lipinski definition) is 5. The van der Waals surface area contributed by atoms with E-state index in [1.54, 1.807) is 0 Å². The molecular weight excluding hydrogens is 329 g/mol. The molecule has 2 aromatic carbocycles. The number of amides is 1.